The molecule has 0 radical (unpaired) electrons. The first kappa shape index (κ1) is 40.9. The van der Waals surface area contributed by atoms with Crippen LogP contribution in [0.25, 0.3) is 153 Å². The number of benzene rings is 14. The van der Waals surface area contributed by atoms with Crippen molar-refractivity contribution in [1.82, 2.24) is 9.13 Å². The van der Waals surface area contributed by atoms with Crippen molar-refractivity contribution in [1.29, 1.82) is 0 Å². The van der Waals surface area contributed by atoms with Gasteiger partial charge in [0.25, 0.3) is 0 Å². The van der Waals surface area contributed by atoms with Crippen LogP contribution in [0, 0.1) is 0 Å². The average Bonchev–Trinajstić information content (AvgIpc) is 4.02. The van der Waals surface area contributed by atoms with Crippen LogP contribution in [0.1, 0.15) is 0 Å². The molecule has 0 spiro atoms. The minimum absolute atomic E-state index is 1.16. The van der Waals surface area contributed by atoms with Crippen molar-refractivity contribution in [3.63, 3.8) is 0 Å². The molecule has 0 unspecified atom stereocenters. The van der Waals surface area contributed by atoms with Crippen molar-refractivity contribution in [3.8, 4) is 56.1 Å². The second-order valence-electron chi connectivity index (χ2n) is 19.9. The molecule has 0 bridgehead atoms. The number of aromatic nitrogens is 2. The normalized spacial score (nSPS) is 12.1. The van der Waals surface area contributed by atoms with Crippen LogP contribution in [0.4, 0.5) is 0 Å². The maximum Gasteiger partial charge on any atom is 0.0626 e. The third-order valence-corrected chi connectivity index (χ3v) is 16.0. The Morgan fingerprint density at radius 1 is 0.203 bits per heavy atom. The Labute approximate surface area is 427 Å². The molecule has 0 fully saturated rings. The molecule has 14 aromatic carbocycles. The molecule has 0 atom stereocenters. The van der Waals surface area contributed by atoms with E-state index in [-0.39, 0.29) is 0 Å². The summed E-state index contributed by atoms with van der Waals surface area (Å²) in [5.41, 5.74) is 14.4. The van der Waals surface area contributed by atoms with E-state index in [1.807, 2.05) is 0 Å². The molecule has 0 N–H and O–H groups in total. The molecular weight excluding hydrogens is 893 g/mol. The predicted molar refractivity (Wildman–Crippen MR) is 316 cm³/mol. The highest BCUT2D eigenvalue weighted by molar-refractivity contribution is 6.28. The molecule has 0 aliphatic carbocycles. The zero-order valence-electron chi connectivity index (χ0n) is 40.3. The highest BCUT2D eigenvalue weighted by atomic mass is 15.0. The van der Waals surface area contributed by atoms with Crippen molar-refractivity contribution >= 4 is 97.2 Å². The molecule has 74 heavy (non-hydrogen) atoms. The van der Waals surface area contributed by atoms with Crippen molar-refractivity contribution in [3.05, 3.63) is 267 Å². The van der Waals surface area contributed by atoms with E-state index in [0.29, 0.717) is 0 Å². The van der Waals surface area contributed by atoms with Crippen LogP contribution in [0.3, 0.4) is 0 Å². The summed E-state index contributed by atoms with van der Waals surface area (Å²) in [6, 6.07) is 99.4. The van der Waals surface area contributed by atoms with E-state index in [1.165, 1.54) is 142 Å². The SMILES string of the molecule is c1ccc2c(-c3c(-c4cccc5ccccc45)n(-c4cc5cccc6c(-n7c(-c8cccc9ccccc89)c(-c8cccc9ccccc89)c8ccccc87)cc7cccc4c7c56)c4ccccc34)cccc2c1. The molecule has 0 amide bonds. The summed E-state index contributed by atoms with van der Waals surface area (Å²) >= 11 is 0. The molecule has 16 aromatic rings. The summed E-state index contributed by atoms with van der Waals surface area (Å²) < 4.78 is 5.18. The molecule has 0 aliphatic heterocycles. The van der Waals surface area contributed by atoms with Crippen LogP contribution < -0.4 is 0 Å². The van der Waals surface area contributed by atoms with Gasteiger partial charge in [0, 0.05) is 43.8 Å². The van der Waals surface area contributed by atoms with E-state index in [4.69, 9.17) is 0 Å². The van der Waals surface area contributed by atoms with Gasteiger partial charge < -0.3 is 9.13 Å². The van der Waals surface area contributed by atoms with Gasteiger partial charge in [-0.1, -0.05) is 243 Å². The Kier molecular flexibility index (Phi) is 8.78. The molecule has 342 valence electrons. The van der Waals surface area contributed by atoms with Gasteiger partial charge in [-0.15, -0.1) is 0 Å². The minimum atomic E-state index is 1.16. The number of nitrogens with zero attached hydrogens (tertiary/aromatic N) is 2. The van der Waals surface area contributed by atoms with E-state index in [0.717, 1.165) is 11.4 Å². The third-order valence-electron chi connectivity index (χ3n) is 16.0. The maximum absolute atomic E-state index is 2.59. The molecule has 0 saturated heterocycles. The second kappa shape index (κ2) is 15.9. The number of hydrogen-bond donors (Lipinski definition) is 0. The molecule has 2 nitrogen and oxygen atoms in total. The lowest BCUT2D eigenvalue weighted by atomic mass is 9.90. The number of para-hydroxylation sites is 2. The first-order chi connectivity index (χ1) is 36.8. The van der Waals surface area contributed by atoms with Crippen LogP contribution in [0.5, 0.6) is 0 Å². The highest BCUT2D eigenvalue weighted by Gasteiger charge is 2.29. The molecule has 0 aliphatic rings. The van der Waals surface area contributed by atoms with Gasteiger partial charge >= 0.3 is 0 Å². The van der Waals surface area contributed by atoms with Crippen LogP contribution in [-0.4, -0.2) is 9.13 Å². The maximum atomic E-state index is 2.59. The van der Waals surface area contributed by atoms with E-state index < -0.39 is 0 Å². The molecule has 2 aromatic heterocycles. The predicted octanol–water partition coefficient (Wildman–Crippen LogP) is 19.8. The van der Waals surface area contributed by atoms with Crippen LogP contribution in [0.2, 0.25) is 0 Å². The number of fused-ring (bicyclic) bond motifs is 6. The van der Waals surface area contributed by atoms with Crippen LogP contribution >= 0.6 is 0 Å². The quantitative estimate of drug-likeness (QED) is 0.147. The lowest BCUT2D eigenvalue weighted by Gasteiger charge is -2.22. The molecule has 0 saturated carbocycles. The summed E-state index contributed by atoms with van der Waals surface area (Å²) in [6.45, 7) is 0. The summed E-state index contributed by atoms with van der Waals surface area (Å²) in [7, 11) is 0. The number of rotatable bonds is 6. The van der Waals surface area contributed by atoms with Crippen molar-refractivity contribution < 1.29 is 0 Å². The molecule has 2 heteroatoms. The van der Waals surface area contributed by atoms with E-state index >= 15 is 0 Å². The van der Waals surface area contributed by atoms with Gasteiger partial charge in [0.15, 0.2) is 0 Å². The lowest BCUT2D eigenvalue weighted by molar-refractivity contribution is 1.15. The Morgan fingerprint density at radius 3 is 0.865 bits per heavy atom. The zero-order valence-corrected chi connectivity index (χ0v) is 40.3. The van der Waals surface area contributed by atoms with E-state index in [1.54, 1.807) is 0 Å². The topological polar surface area (TPSA) is 9.86 Å². The Balaban J connectivity index is 1.04. The zero-order chi connectivity index (χ0) is 48.4. The van der Waals surface area contributed by atoms with Crippen molar-refractivity contribution in [2.24, 2.45) is 0 Å². The third kappa shape index (κ3) is 5.82. The monoisotopic (exact) mass is 936 g/mol. The molecule has 16 rings (SSSR count). The van der Waals surface area contributed by atoms with Gasteiger partial charge in [-0.05, 0) is 100 Å². The van der Waals surface area contributed by atoms with Gasteiger partial charge in [0.2, 0.25) is 0 Å². The smallest absolute Gasteiger partial charge is 0.0626 e. The van der Waals surface area contributed by atoms with Crippen molar-refractivity contribution in [2.75, 3.05) is 0 Å². The first-order valence-corrected chi connectivity index (χ1v) is 25.7. The van der Waals surface area contributed by atoms with E-state index in [9.17, 15) is 0 Å². The molecule has 2 heterocycles. The van der Waals surface area contributed by atoms with E-state index in [2.05, 4.69) is 276 Å². The fourth-order valence-corrected chi connectivity index (χ4v) is 13.0. The number of hydrogen-bond acceptors (Lipinski definition) is 0. The summed E-state index contributed by atoms with van der Waals surface area (Å²) in [5.74, 6) is 0. The lowest BCUT2D eigenvalue weighted by Crippen LogP contribution is -2.03. The summed E-state index contributed by atoms with van der Waals surface area (Å²) in [4.78, 5) is 0. The summed E-state index contributed by atoms with van der Waals surface area (Å²) in [6.07, 6.45) is 0. The highest BCUT2D eigenvalue weighted by Crippen LogP contribution is 2.52. The van der Waals surface area contributed by atoms with Crippen LogP contribution in [0.15, 0.2) is 267 Å². The second-order valence-corrected chi connectivity index (χ2v) is 19.9. The minimum Gasteiger partial charge on any atom is -0.308 e. The van der Waals surface area contributed by atoms with Gasteiger partial charge in [-0.25, -0.2) is 0 Å². The van der Waals surface area contributed by atoms with Gasteiger partial charge in [0.1, 0.15) is 0 Å². The van der Waals surface area contributed by atoms with Gasteiger partial charge in [0.05, 0.1) is 33.8 Å². The van der Waals surface area contributed by atoms with Crippen LogP contribution in [-0.2, 0) is 0 Å². The standard InChI is InChI=1S/C72H44N2/c1-5-29-51-45(19-1)23-13-35-55(51)69-59-33-9-11-41-63(59)73(71(69)57-37-15-25-47-21-3-7-31-53(47)57)65-43-49-27-18-40-62-66(44-50-28-17-39-61(65)67(50)68(49)62)74-64-42-12-10-34-60(64)70(56-36-14-24-46-20-2-6-30-52(46)56)72(74)58-38-16-26-48-22-4-8-32-54(48)58/h1-44H. The van der Waals surface area contributed by atoms with Gasteiger partial charge in [-0.2, -0.15) is 0 Å². The largest absolute Gasteiger partial charge is 0.308 e. The Morgan fingerprint density at radius 2 is 0.473 bits per heavy atom. The average molecular weight is 937 g/mol. The van der Waals surface area contributed by atoms with Gasteiger partial charge in [-0.3, -0.25) is 0 Å². The molecular formula is C72H44N2. The Bertz CT molecular complexity index is 4630. The Hall–Kier alpha value is -9.76. The first-order valence-electron chi connectivity index (χ1n) is 25.7. The fourth-order valence-electron chi connectivity index (χ4n) is 13.0. The summed E-state index contributed by atoms with van der Waals surface area (Å²) in [5, 5.41) is 19.7. The fraction of sp³-hybridized carbons (Fsp3) is 0. The van der Waals surface area contributed by atoms with Crippen molar-refractivity contribution in [2.45, 2.75) is 0 Å².